The van der Waals surface area contributed by atoms with Crippen molar-refractivity contribution in [1.29, 1.82) is 0 Å². The van der Waals surface area contributed by atoms with Crippen molar-refractivity contribution < 1.29 is 9.32 Å². The van der Waals surface area contributed by atoms with Crippen LogP contribution in [0.15, 0.2) is 46.3 Å². The van der Waals surface area contributed by atoms with E-state index in [9.17, 15) is 4.79 Å². The molecular weight excluding hydrogens is 300 g/mol. The molecule has 0 spiro atoms. The van der Waals surface area contributed by atoms with Crippen molar-refractivity contribution in [2.24, 2.45) is 0 Å². The van der Waals surface area contributed by atoms with Gasteiger partial charge in [0, 0.05) is 12.3 Å². The Morgan fingerprint density at radius 2 is 2.36 bits per heavy atom. The van der Waals surface area contributed by atoms with Gasteiger partial charge >= 0.3 is 0 Å². The van der Waals surface area contributed by atoms with E-state index in [2.05, 4.69) is 15.5 Å². The third-order valence-electron chi connectivity index (χ3n) is 3.19. The molecule has 0 saturated carbocycles. The SMILES string of the molecule is CCC(Sc1ncc2ccccn12)C(=O)Nc1cc(C)on1. The highest BCUT2D eigenvalue weighted by Gasteiger charge is 2.21. The minimum absolute atomic E-state index is 0.103. The number of carbonyl (C=O) groups is 1. The number of nitrogens with one attached hydrogen (secondary N) is 1. The Labute approximate surface area is 131 Å². The van der Waals surface area contributed by atoms with E-state index in [1.807, 2.05) is 35.7 Å². The summed E-state index contributed by atoms with van der Waals surface area (Å²) in [6.45, 7) is 3.76. The number of aryl methyl sites for hydroxylation is 1. The summed E-state index contributed by atoms with van der Waals surface area (Å²) in [5.41, 5.74) is 1.01. The van der Waals surface area contributed by atoms with Crippen LogP contribution in [0.25, 0.3) is 5.52 Å². The van der Waals surface area contributed by atoms with Crippen molar-refractivity contribution in [2.45, 2.75) is 30.7 Å². The quantitative estimate of drug-likeness (QED) is 0.732. The fraction of sp³-hybridized carbons (Fsp3) is 0.267. The van der Waals surface area contributed by atoms with Gasteiger partial charge in [0.15, 0.2) is 11.0 Å². The lowest BCUT2D eigenvalue weighted by Crippen LogP contribution is -2.25. The molecule has 114 valence electrons. The summed E-state index contributed by atoms with van der Waals surface area (Å²) in [6.07, 6.45) is 4.43. The molecule has 0 aliphatic rings. The van der Waals surface area contributed by atoms with Crippen LogP contribution in [0.2, 0.25) is 0 Å². The zero-order valence-corrected chi connectivity index (χ0v) is 13.1. The lowest BCUT2D eigenvalue weighted by molar-refractivity contribution is -0.115. The van der Waals surface area contributed by atoms with Crippen LogP contribution in [0.5, 0.6) is 0 Å². The Bertz CT molecular complexity index is 796. The summed E-state index contributed by atoms with van der Waals surface area (Å²) >= 11 is 1.44. The van der Waals surface area contributed by atoms with Crippen molar-refractivity contribution in [3.8, 4) is 0 Å². The number of pyridine rings is 1. The topological polar surface area (TPSA) is 72.4 Å². The zero-order chi connectivity index (χ0) is 15.5. The minimum atomic E-state index is -0.247. The van der Waals surface area contributed by atoms with Crippen LogP contribution in [-0.2, 0) is 4.79 Å². The number of aromatic nitrogens is 3. The van der Waals surface area contributed by atoms with E-state index in [0.29, 0.717) is 18.0 Å². The fourth-order valence-electron chi connectivity index (χ4n) is 2.09. The standard InChI is InChI=1S/C15H16N4O2S/c1-3-12(14(20)17-13-8-10(2)21-18-13)22-15-16-9-11-6-4-5-7-19(11)15/h4-9,12H,3H2,1-2H3,(H,17,18,20). The number of amides is 1. The third kappa shape index (κ3) is 2.99. The molecule has 0 aliphatic carbocycles. The van der Waals surface area contributed by atoms with Gasteiger partial charge in [0.1, 0.15) is 5.76 Å². The van der Waals surface area contributed by atoms with Crippen molar-refractivity contribution >= 4 is 29.0 Å². The lowest BCUT2D eigenvalue weighted by atomic mass is 10.3. The zero-order valence-electron chi connectivity index (χ0n) is 12.3. The van der Waals surface area contributed by atoms with E-state index in [0.717, 1.165) is 10.7 Å². The second-order valence-corrected chi connectivity index (χ2v) is 6.03. The highest BCUT2D eigenvalue weighted by atomic mass is 32.2. The van der Waals surface area contributed by atoms with E-state index in [1.54, 1.807) is 19.2 Å². The number of fused-ring (bicyclic) bond motifs is 1. The Morgan fingerprint density at radius 3 is 3.09 bits per heavy atom. The summed E-state index contributed by atoms with van der Waals surface area (Å²) in [5, 5.41) is 7.11. The highest BCUT2D eigenvalue weighted by molar-refractivity contribution is 8.00. The molecule has 1 atom stereocenters. The van der Waals surface area contributed by atoms with Gasteiger partial charge in [-0.15, -0.1) is 0 Å². The molecule has 3 rings (SSSR count). The van der Waals surface area contributed by atoms with Crippen molar-refractivity contribution in [3.63, 3.8) is 0 Å². The maximum atomic E-state index is 12.4. The Kier molecular flexibility index (Phi) is 4.15. The average molecular weight is 316 g/mol. The maximum Gasteiger partial charge on any atom is 0.239 e. The van der Waals surface area contributed by atoms with Crippen LogP contribution >= 0.6 is 11.8 Å². The number of carbonyl (C=O) groups excluding carboxylic acids is 1. The molecule has 1 amide bonds. The van der Waals surface area contributed by atoms with Gasteiger partial charge < -0.3 is 9.84 Å². The molecule has 1 unspecified atom stereocenters. The van der Waals surface area contributed by atoms with Gasteiger partial charge in [-0.25, -0.2) is 4.98 Å². The smallest absolute Gasteiger partial charge is 0.239 e. The van der Waals surface area contributed by atoms with Gasteiger partial charge in [-0.3, -0.25) is 9.20 Å². The number of anilines is 1. The number of hydrogen-bond donors (Lipinski definition) is 1. The van der Waals surface area contributed by atoms with Crippen LogP contribution < -0.4 is 5.32 Å². The van der Waals surface area contributed by atoms with E-state index in [-0.39, 0.29) is 11.2 Å². The van der Waals surface area contributed by atoms with Crippen LogP contribution in [-0.4, -0.2) is 25.7 Å². The van der Waals surface area contributed by atoms with Crippen LogP contribution in [0, 0.1) is 6.92 Å². The van der Waals surface area contributed by atoms with Gasteiger partial charge in [-0.05, 0) is 25.5 Å². The fourth-order valence-corrected chi connectivity index (χ4v) is 3.07. The molecule has 22 heavy (non-hydrogen) atoms. The first-order chi connectivity index (χ1) is 10.7. The van der Waals surface area contributed by atoms with Gasteiger partial charge in [0.25, 0.3) is 0 Å². The Hall–Kier alpha value is -2.28. The van der Waals surface area contributed by atoms with Crippen LogP contribution in [0.3, 0.4) is 0 Å². The molecule has 0 radical (unpaired) electrons. The van der Waals surface area contributed by atoms with E-state index < -0.39 is 0 Å². The van der Waals surface area contributed by atoms with Gasteiger partial charge in [-0.2, -0.15) is 0 Å². The molecule has 0 fully saturated rings. The molecular formula is C15H16N4O2S. The summed E-state index contributed by atoms with van der Waals surface area (Å²) in [6, 6.07) is 7.58. The maximum absolute atomic E-state index is 12.4. The molecule has 6 nitrogen and oxygen atoms in total. The number of rotatable bonds is 5. The highest BCUT2D eigenvalue weighted by Crippen LogP contribution is 2.26. The summed E-state index contributed by atoms with van der Waals surface area (Å²) < 4.78 is 6.93. The van der Waals surface area contributed by atoms with Crippen molar-refractivity contribution in [3.05, 3.63) is 42.4 Å². The molecule has 0 saturated heterocycles. The molecule has 3 aromatic rings. The van der Waals surface area contributed by atoms with Crippen LogP contribution in [0.4, 0.5) is 5.82 Å². The normalized spacial score (nSPS) is 12.5. The Balaban J connectivity index is 1.75. The number of thioether (sulfide) groups is 1. The third-order valence-corrected chi connectivity index (χ3v) is 4.54. The van der Waals surface area contributed by atoms with Crippen LogP contribution in [0.1, 0.15) is 19.1 Å². The van der Waals surface area contributed by atoms with Crippen molar-refractivity contribution in [1.82, 2.24) is 14.5 Å². The second-order valence-electron chi connectivity index (χ2n) is 4.86. The van der Waals surface area contributed by atoms with Gasteiger partial charge in [0.05, 0.1) is 17.0 Å². The first-order valence-corrected chi connectivity index (χ1v) is 7.88. The monoisotopic (exact) mass is 316 g/mol. The van der Waals surface area contributed by atoms with E-state index >= 15 is 0 Å². The second kappa shape index (κ2) is 6.23. The number of imidazole rings is 1. The van der Waals surface area contributed by atoms with Gasteiger partial charge in [-0.1, -0.05) is 29.9 Å². The minimum Gasteiger partial charge on any atom is -0.360 e. The summed E-state index contributed by atoms with van der Waals surface area (Å²) in [4.78, 5) is 16.8. The average Bonchev–Trinajstić information content (AvgIpc) is 3.11. The molecule has 3 heterocycles. The molecule has 0 bridgehead atoms. The first kappa shape index (κ1) is 14.6. The first-order valence-electron chi connectivity index (χ1n) is 7.00. The molecule has 7 heteroatoms. The molecule has 0 aromatic carbocycles. The molecule has 3 aromatic heterocycles. The lowest BCUT2D eigenvalue weighted by Gasteiger charge is -2.12. The summed E-state index contributed by atoms with van der Waals surface area (Å²) in [7, 11) is 0. The van der Waals surface area contributed by atoms with E-state index in [4.69, 9.17) is 4.52 Å². The number of hydrogen-bond acceptors (Lipinski definition) is 5. The largest absolute Gasteiger partial charge is 0.360 e. The van der Waals surface area contributed by atoms with Crippen molar-refractivity contribution in [2.75, 3.05) is 5.32 Å². The van der Waals surface area contributed by atoms with Gasteiger partial charge in [0.2, 0.25) is 5.91 Å². The molecule has 1 N–H and O–H groups in total. The predicted octanol–water partition coefficient (Wildman–Crippen LogP) is 3.14. The predicted molar refractivity (Wildman–Crippen MR) is 85.0 cm³/mol. The Morgan fingerprint density at radius 1 is 1.50 bits per heavy atom. The summed E-state index contributed by atoms with van der Waals surface area (Å²) in [5.74, 6) is 0.998. The van der Waals surface area contributed by atoms with E-state index in [1.165, 1.54) is 11.8 Å². The molecule has 0 aliphatic heterocycles. The number of nitrogens with zero attached hydrogens (tertiary/aromatic N) is 3.